The van der Waals surface area contributed by atoms with Gasteiger partial charge in [-0.15, -0.1) is 0 Å². The van der Waals surface area contributed by atoms with Crippen molar-refractivity contribution in [3.63, 3.8) is 0 Å². The van der Waals surface area contributed by atoms with Gasteiger partial charge in [-0.2, -0.15) is 5.10 Å². The second-order valence-electron chi connectivity index (χ2n) is 6.01. The van der Waals surface area contributed by atoms with Crippen LogP contribution in [-0.2, 0) is 0 Å². The van der Waals surface area contributed by atoms with E-state index in [1.165, 1.54) is 0 Å². The number of benzene rings is 3. The number of allylic oxidation sites excluding steroid dienone is 1. The summed E-state index contributed by atoms with van der Waals surface area (Å²) in [6.07, 6.45) is 3.43. The molecule has 0 bridgehead atoms. The van der Waals surface area contributed by atoms with Crippen LogP contribution in [0.15, 0.2) is 88.4 Å². The van der Waals surface area contributed by atoms with E-state index in [1.54, 1.807) is 72.8 Å². The van der Waals surface area contributed by atoms with Crippen molar-refractivity contribution in [1.82, 2.24) is 5.43 Å². The maximum Gasteiger partial charge on any atom is 0.339 e. The monoisotopic (exact) mass is 451 g/mol. The Morgan fingerprint density at radius 3 is 2.31 bits per heavy atom. The Morgan fingerprint density at radius 1 is 0.931 bits per heavy atom. The molecular weight excluding hydrogens is 434 g/mol. The molecule has 29 heavy (non-hydrogen) atoms. The van der Waals surface area contributed by atoms with Crippen LogP contribution in [0.3, 0.4) is 0 Å². The molecule has 0 radical (unpaired) electrons. The highest BCUT2D eigenvalue weighted by atomic mass is 79.9. The number of phenolic OH excluding ortho intramolecular Hbond substituents is 2. The molecular formula is C22H18BrN3O3. The zero-order chi connectivity index (χ0) is 20.6. The fraction of sp³-hybridized carbons (Fsp3) is 0. The summed E-state index contributed by atoms with van der Waals surface area (Å²) >= 11 is 3.34. The van der Waals surface area contributed by atoms with Gasteiger partial charge in [-0.3, -0.25) is 0 Å². The zero-order valence-electron chi connectivity index (χ0n) is 15.2. The first-order valence-electron chi connectivity index (χ1n) is 8.67. The minimum atomic E-state index is -0.515. The Labute approximate surface area is 176 Å². The van der Waals surface area contributed by atoms with E-state index in [2.05, 4.69) is 31.8 Å². The van der Waals surface area contributed by atoms with Crippen molar-refractivity contribution in [2.24, 2.45) is 5.10 Å². The molecule has 0 spiro atoms. The molecule has 0 fully saturated rings. The first kappa shape index (κ1) is 20.2. The zero-order valence-corrected chi connectivity index (χ0v) is 16.8. The highest BCUT2D eigenvalue weighted by Gasteiger charge is 2.07. The minimum Gasteiger partial charge on any atom is -0.508 e. The predicted octanol–water partition coefficient (Wildman–Crippen LogP) is 5.10. The Morgan fingerprint density at radius 2 is 1.62 bits per heavy atom. The number of carbonyl (C=O) groups is 1. The summed E-state index contributed by atoms with van der Waals surface area (Å²) < 4.78 is 0.905. The second kappa shape index (κ2) is 9.57. The molecule has 7 heteroatoms. The van der Waals surface area contributed by atoms with Crippen LogP contribution in [0.1, 0.15) is 11.1 Å². The fourth-order valence-electron chi connectivity index (χ4n) is 2.44. The first-order valence-corrected chi connectivity index (χ1v) is 9.46. The number of nitrogens with one attached hydrogen (secondary N) is 2. The standard InChI is InChI=1S/C22H18BrN3O3/c23-16-8-10-17(11-9-16)24-22(29)26-25-20(19-3-1-2-4-21(19)28)14-7-15-5-12-18(27)13-6-15/h1-14,27-28H,(H2,24,26,29)/b14-7+,25-20+. The van der Waals surface area contributed by atoms with Gasteiger partial charge in [-0.05, 0) is 60.2 Å². The Bertz CT molecular complexity index is 1050. The van der Waals surface area contributed by atoms with Crippen molar-refractivity contribution in [3.05, 3.63) is 94.5 Å². The second-order valence-corrected chi connectivity index (χ2v) is 6.93. The molecule has 146 valence electrons. The molecule has 0 heterocycles. The number of rotatable bonds is 5. The van der Waals surface area contributed by atoms with Gasteiger partial charge in [0.15, 0.2) is 0 Å². The van der Waals surface area contributed by atoms with Crippen LogP contribution in [0.5, 0.6) is 11.5 Å². The molecule has 0 unspecified atom stereocenters. The lowest BCUT2D eigenvalue weighted by Gasteiger charge is -2.07. The van der Waals surface area contributed by atoms with Crippen LogP contribution in [0, 0.1) is 0 Å². The van der Waals surface area contributed by atoms with E-state index in [0.29, 0.717) is 17.0 Å². The SMILES string of the molecule is O=C(N/N=C(\C=C\c1ccc(O)cc1)c1ccccc1O)Nc1ccc(Br)cc1. The molecule has 3 aromatic carbocycles. The summed E-state index contributed by atoms with van der Waals surface area (Å²) in [6, 6.07) is 19.9. The molecule has 4 N–H and O–H groups in total. The average molecular weight is 452 g/mol. The van der Waals surface area contributed by atoms with Crippen molar-refractivity contribution in [3.8, 4) is 11.5 Å². The first-order chi connectivity index (χ1) is 14.0. The summed E-state index contributed by atoms with van der Waals surface area (Å²) in [6.45, 7) is 0. The van der Waals surface area contributed by atoms with Crippen molar-refractivity contribution < 1.29 is 15.0 Å². The summed E-state index contributed by atoms with van der Waals surface area (Å²) in [5.41, 5.74) is 4.71. The van der Waals surface area contributed by atoms with Crippen LogP contribution < -0.4 is 10.7 Å². The number of amides is 2. The third kappa shape index (κ3) is 5.95. The van der Waals surface area contributed by atoms with Crippen LogP contribution in [0.4, 0.5) is 10.5 Å². The average Bonchev–Trinajstić information content (AvgIpc) is 2.72. The smallest absolute Gasteiger partial charge is 0.339 e. The highest BCUT2D eigenvalue weighted by Crippen LogP contribution is 2.19. The number of hydrogen-bond acceptors (Lipinski definition) is 4. The summed E-state index contributed by atoms with van der Waals surface area (Å²) in [5, 5.41) is 26.4. The molecule has 6 nitrogen and oxygen atoms in total. The van der Waals surface area contributed by atoms with E-state index in [-0.39, 0.29) is 11.5 Å². The van der Waals surface area contributed by atoms with Gasteiger partial charge in [-0.25, -0.2) is 10.2 Å². The van der Waals surface area contributed by atoms with Gasteiger partial charge in [-0.1, -0.05) is 46.3 Å². The van der Waals surface area contributed by atoms with E-state index < -0.39 is 6.03 Å². The van der Waals surface area contributed by atoms with E-state index in [1.807, 2.05) is 12.1 Å². The van der Waals surface area contributed by atoms with Gasteiger partial charge in [0, 0.05) is 15.7 Å². The van der Waals surface area contributed by atoms with Crippen LogP contribution in [0.25, 0.3) is 6.08 Å². The van der Waals surface area contributed by atoms with Crippen molar-refractivity contribution in [1.29, 1.82) is 0 Å². The number of carbonyl (C=O) groups excluding carboxylic acids is 1. The topological polar surface area (TPSA) is 94.0 Å². The van der Waals surface area contributed by atoms with Crippen molar-refractivity contribution in [2.45, 2.75) is 0 Å². The molecule has 0 saturated heterocycles. The van der Waals surface area contributed by atoms with Crippen LogP contribution in [0.2, 0.25) is 0 Å². The number of anilines is 1. The predicted molar refractivity (Wildman–Crippen MR) is 118 cm³/mol. The molecule has 0 saturated carbocycles. The number of hydrazone groups is 1. The largest absolute Gasteiger partial charge is 0.508 e. The number of nitrogens with zero attached hydrogens (tertiary/aromatic N) is 1. The maximum atomic E-state index is 12.2. The lowest BCUT2D eigenvalue weighted by atomic mass is 10.1. The molecule has 0 aliphatic heterocycles. The van der Waals surface area contributed by atoms with Gasteiger partial charge in [0.1, 0.15) is 11.5 Å². The van der Waals surface area contributed by atoms with Gasteiger partial charge in [0.25, 0.3) is 0 Å². The van der Waals surface area contributed by atoms with Crippen molar-refractivity contribution >= 4 is 39.4 Å². The molecule has 3 aromatic rings. The number of para-hydroxylation sites is 1. The van der Waals surface area contributed by atoms with Crippen molar-refractivity contribution in [2.75, 3.05) is 5.32 Å². The quantitative estimate of drug-likeness (QED) is 0.321. The summed E-state index contributed by atoms with van der Waals surface area (Å²) in [4.78, 5) is 12.2. The van der Waals surface area contributed by atoms with Crippen LogP contribution in [-0.4, -0.2) is 22.0 Å². The molecule has 2 amide bonds. The minimum absolute atomic E-state index is 0.0386. The molecule has 0 aliphatic rings. The van der Waals surface area contributed by atoms with E-state index >= 15 is 0 Å². The molecule has 3 rings (SSSR count). The third-order valence-electron chi connectivity index (χ3n) is 3.89. The Hall–Kier alpha value is -3.58. The Balaban J connectivity index is 1.80. The van der Waals surface area contributed by atoms with Gasteiger partial charge in [0.2, 0.25) is 0 Å². The van der Waals surface area contributed by atoms with Gasteiger partial charge < -0.3 is 15.5 Å². The van der Waals surface area contributed by atoms with Gasteiger partial charge >= 0.3 is 6.03 Å². The lowest BCUT2D eigenvalue weighted by molar-refractivity contribution is 0.252. The van der Waals surface area contributed by atoms with E-state index in [9.17, 15) is 15.0 Å². The number of aromatic hydroxyl groups is 2. The van der Waals surface area contributed by atoms with E-state index in [4.69, 9.17) is 0 Å². The van der Waals surface area contributed by atoms with E-state index in [0.717, 1.165) is 10.0 Å². The number of hydrogen-bond donors (Lipinski definition) is 4. The van der Waals surface area contributed by atoms with Gasteiger partial charge in [0.05, 0.1) is 5.71 Å². The summed E-state index contributed by atoms with van der Waals surface area (Å²) in [5.74, 6) is 0.208. The fourth-order valence-corrected chi connectivity index (χ4v) is 2.71. The highest BCUT2D eigenvalue weighted by molar-refractivity contribution is 9.10. The third-order valence-corrected chi connectivity index (χ3v) is 4.42. The molecule has 0 atom stereocenters. The lowest BCUT2D eigenvalue weighted by Crippen LogP contribution is -2.25. The number of urea groups is 1. The Kier molecular flexibility index (Phi) is 6.65. The molecule has 0 aliphatic carbocycles. The normalized spacial score (nSPS) is 11.4. The number of halogens is 1. The summed E-state index contributed by atoms with van der Waals surface area (Å²) in [7, 11) is 0. The molecule has 0 aromatic heterocycles. The number of phenols is 2. The maximum absolute atomic E-state index is 12.2. The van der Waals surface area contributed by atoms with Crippen LogP contribution >= 0.6 is 15.9 Å².